The van der Waals surface area contributed by atoms with E-state index < -0.39 is 147 Å². The highest BCUT2D eigenvalue weighted by Gasteiger charge is 2.85. The van der Waals surface area contributed by atoms with Crippen LogP contribution in [0, 0.1) is 0 Å². The zero-order valence-corrected chi connectivity index (χ0v) is 23.5. The van der Waals surface area contributed by atoms with Crippen LogP contribution in [0.15, 0.2) is 22.2 Å². The maximum absolute atomic E-state index is 15.1. The molecule has 0 aliphatic carbocycles. The lowest BCUT2D eigenvalue weighted by Gasteiger charge is -2.41. The summed E-state index contributed by atoms with van der Waals surface area (Å²) in [5.74, 6) is -57.3. The van der Waals surface area contributed by atoms with Crippen LogP contribution in [-0.4, -0.2) is 123 Å². The Bertz CT molecular complexity index is 1050. The van der Waals surface area contributed by atoms with Gasteiger partial charge in [0.2, 0.25) is 0 Å². The normalized spacial score (nSPS) is 19.7. The Morgan fingerprint density at radius 2 is 0.723 bits per heavy atom. The van der Waals surface area contributed by atoms with Crippen molar-refractivity contribution in [2.24, 2.45) is 0 Å². The van der Waals surface area contributed by atoms with Crippen molar-refractivity contribution in [3.8, 4) is 0 Å². The highest BCUT2D eigenvalue weighted by atomic mass is 32.2. The van der Waals surface area contributed by atoms with Gasteiger partial charge in [-0.25, -0.2) is 17.6 Å². The molecule has 0 spiro atoms. The zero-order chi connectivity index (χ0) is 36.7. The summed E-state index contributed by atoms with van der Waals surface area (Å²) < 4.78 is 287. The fraction of sp³-hybridized carbons (Fsp3) is 0.818. The molecule has 0 aromatic carbocycles. The van der Waals surface area contributed by atoms with Crippen molar-refractivity contribution in [2.75, 3.05) is 52.6 Å². The first kappa shape index (κ1) is 41.1. The largest absolute Gasteiger partial charge is 0.384 e. The maximum Gasteiger partial charge on any atom is 0.384 e. The van der Waals surface area contributed by atoms with Crippen LogP contribution < -0.4 is 0 Å². The third-order valence-corrected chi connectivity index (χ3v) is 7.39. The van der Waals surface area contributed by atoms with E-state index in [-0.39, 0.29) is 9.80 Å². The predicted molar refractivity (Wildman–Crippen MR) is 120 cm³/mol. The van der Waals surface area contributed by atoms with Crippen molar-refractivity contribution >= 4 is 11.8 Å². The smallest absolute Gasteiger partial charge is 0.378 e. The second-order valence-corrected chi connectivity index (χ2v) is 10.4. The van der Waals surface area contributed by atoms with Crippen molar-refractivity contribution in [1.82, 2.24) is 9.80 Å². The first-order chi connectivity index (χ1) is 21.1. The van der Waals surface area contributed by atoms with Crippen molar-refractivity contribution < 1.29 is 97.3 Å². The van der Waals surface area contributed by atoms with Crippen molar-refractivity contribution in [2.45, 2.75) is 60.2 Å². The van der Waals surface area contributed by atoms with Crippen LogP contribution in [-0.2, 0) is 9.47 Å². The molecule has 0 N–H and O–H groups in total. The molecule has 0 bridgehead atoms. The lowest BCUT2D eigenvalue weighted by atomic mass is 9.96. The second kappa shape index (κ2) is 13.7. The predicted octanol–water partition coefficient (Wildman–Crippen LogP) is 7.68. The third kappa shape index (κ3) is 6.89. The summed E-state index contributed by atoms with van der Waals surface area (Å²) in [6.07, 6.45) is -11.3. The van der Waals surface area contributed by atoms with Gasteiger partial charge in [0, 0.05) is 37.0 Å². The minimum atomic E-state index is -7.53. The van der Waals surface area contributed by atoms with Gasteiger partial charge >= 0.3 is 60.2 Å². The van der Waals surface area contributed by atoms with Gasteiger partial charge in [0.25, 0.3) is 0 Å². The molecule has 0 atom stereocenters. The molecule has 4 nitrogen and oxygen atoms in total. The number of morpholine rings is 2. The summed E-state index contributed by atoms with van der Waals surface area (Å²) in [6, 6.07) is 0. The summed E-state index contributed by atoms with van der Waals surface area (Å²) in [7, 11) is 0. The Kier molecular flexibility index (Phi) is 12.0. The van der Waals surface area contributed by atoms with Crippen LogP contribution >= 0.6 is 11.8 Å². The topological polar surface area (TPSA) is 24.9 Å². The Morgan fingerprint density at radius 1 is 0.468 bits per heavy atom. The SMILES string of the molecule is FC(F)C(F)(F)C(F)(F)C(F)(F)C(F)(F)C(=CSC=C(N1CCOCC1)C(F)(F)C(F)(F)C(F)(F)C(F)(F)C(F)F)N1CCOCC1. The van der Waals surface area contributed by atoms with Crippen LogP contribution in [0.1, 0.15) is 0 Å². The molecule has 2 aliphatic rings. The maximum atomic E-state index is 15.1. The minimum absolute atomic E-state index is 0.00660. The fourth-order valence-electron chi connectivity index (χ4n) is 3.87. The molecule has 0 amide bonds. The van der Waals surface area contributed by atoms with Gasteiger partial charge in [-0.1, -0.05) is 0 Å². The monoisotopic (exact) mass is 756 g/mol. The van der Waals surface area contributed by atoms with E-state index in [4.69, 9.17) is 9.47 Å². The number of hydrogen-bond donors (Lipinski definition) is 0. The molecule has 0 saturated carbocycles. The molecule has 25 heteroatoms. The first-order valence-corrected chi connectivity index (χ1v) is 13.3. The van der Waals surface area contributed by atoms with E-state index in [0.717, 1.165) is 0 Å². The summed E-state index contributed by atoms with van der Waals surface area (Å²) >= 11 is -0.885. The Balaban J connectivity index is 2.75. The Labute approximate surface area is 254 Å². The number of allylic oxidation sites excluding steroid dienone is 2. The molecule has 0 aromatic rings. The van der Waals surface area contributed by atoms with Gasteiger partial charge in [0.05, 0.1) is 37.8 Å². The van der Waals surface area contributed by atoms with Gasteiger partial charge in [-0.3, -0.25) is 0 Å². The van der Waals surface area contributed by atoms with Gasteiger partial charge in [-0.2, -0.15) is 70.2 Å². The molecule has 0 aromatic heterocycles. The molecule has 276 valence electrons. The fourth-order valence-corrected chi connectivity index (χ4v) is 4.79. The molecular weight excluding hydrogens is 736 g/mol. The minimum Gasteiger partial charge on any atom is -0.378 e. The molecule has 0 unspecified atom stereocenters. The van der Waals surface area contributed by atoms with E-state index in [9.17, 15) is 70.2 Å². The van der Waals surface area contributed by atoms with E-state index in [1.54, 1.807) is 0 Å². The molecule has 2 rings (SSSR count). The van der Waals surface area contributed by atoms with Gasteiger partial charge in [-0.15, -0.1) is 11.8 Å². The second-order valence-electron chi connectivity index (χ2n) is 9.63. The molecule has 0 radical (unpaired) electrons. The van der Waals surface area contributed by atoms with Crippen LogP contribution in [0.3, 0.4) is 0 Å². The van der Waals surface area contributed by atoms with E-state index in [1.165, 1.54) is 0 Å². The molecule has 47 heavy (non-hydrogen) atoms. The lowest BCUT2D eigenvalue weighted by molar-refractivity contribution is -0.378. The molecular formula is C22H20F20N2O2S. The van der Waals surface area contributed by atoms with Crippen LogP contribution in [0.25, 0.3) is 0 Å². The van der Waals surface area contributed by atoms with Crippen molar-refractivity contribution in [1.29, 1.82) is 0 Å². The van der Waals surface area contributed by atoms with Gasteiger partial charge in [-0.05, 0) is 0 Å². The first-order valence-electron chi connectivity index (χ1n) is 12.4. The standard InChI is InChI=1S/C22H20F20N2O2S/c23-13(24)17(31,32)21(39,40)19(35,36)15(27,28)11(43-1-5-45-6-2-43)9-47-10-12(44-3-7-46-8-4-44)16(29,30)20(37,38)22(41,42)18(33,34)14(25)26/h9-10,13-14H,1-8H2. The Morgan fingerprint density at radius 3 is 0.957 bits per heavy atom. The molecule has 2 aliphatic heterocycles. The summed E-state index contributed by atoms with van der Waals surface area (Å²) in [4.78, 5) is -0.0132. The number of halogens is 20. The van der Waals surface area contributed by atoms with Gasteiger partial charge in [0.15, 0.2) is 0 Å². The highest BCUT2D eigenvalue weighted by molar-refractivity contribution is 8.04. The van der Waals surface area contributed by atoms with Crippen LogP contribution in [0.2, 0.25) is 0 Å². The van der Waals surface area contributed by atoms with Crippen LogP contribution in [0.4, 0.5) is 87.8 Å². The average Bonchev–Trinajstić information content (AvgIpc) is 2.96. The lowest BCUT2D eigenvalue weighted by Crippen LogP contribution is -2.66. The molecule has 2 fully saturated rings. The number of rotatable bonds is 14. The van der Waals surface area contributed by atoms with Crippen molar-refractivity contribution in [3.05, 3.63) is 22.2 Å². The number of hydrogen-bond acceptors (Lipinski definition) is 5. The third-order valence-electron chi connectivity index (χ3n) is 6.67. The number of alkyl halides is 20. The van der Waals surface area contributed by atoms with E-state index in [2.05, 4.69) is 0 Å². The van der Waals surface area contributed by atoms with E-state index in [0.29, 0.717) is 0 Å². The summed E-state index contributed by atoms with van der Waals surface area (Å²) in [6.45, 7) is -6.62. The quantitative estimate of drug-likeness (QED) is 0.170. The Hall–Kier alpha value is -2.05. The highest BCUT2D eigenvalue weighted by Crippen LogP contribution is 2.58. The van der Waals surface area contributed by atoms with Gasteiger partial charge < -0.3 is 19.3 Å². The average molecular weight is 756 g/mol. The van der Waals surface area contributed by atoms with Crippen LogP contribution in [0.5, 0.6) is 0 Å². The number of nitrogens with zero attached hydrogens (tertiary/aromatic N) is 2. The van der Waals surface area contributed by atoms with E-state index >= 15 is 17.6 Å². The number of ether oxygens (including phenoxy) is 2. The summed E-state index contributed by atoms with van der Waals surface area (Å²) in [5, 5.41) is -1.03. The van der Waals surface area contributed by atoms with E-state index in [1.807, 2.05) is 0 Å². The summed E-state index contributed by atoms with van der Waals surface area (Å²) in [5.41, 5.74) is -4.99. The molecule has 2 saturated heterocycles. The van der Waals surface area contributed by atoms with Gasteiger partial charge in [0.1, 0.15) is 0 Å². The zero-order valence-electron chi connectivity index (χ0n) is 22.6. The van der Waals surface area contributed by atoms with Crippen molar-refractivity contribution in [3.63, 3.8) is 0 Å². The molecule has 2 heterocycles. The number of thioether (sulfide) groups is 1.